The van der Waals surface area contributed by atoms with Gasteiger partial charge in [-0.3, -0.25) is 4.68 Å². The average molecular weight is 493 g/mol. The van der Waals surface area contributed by atoms with Crippen molar-refractivity contribution in [3.8, 4) is 5.69 Å². The predicted octanol–water partition coefficient (Wildman–Crippen LogP) is 4.59. The Labute approximate surface area is 142 Å². The zero-order valence-corrected chi connectivity index (χ0v) is 13.8. The fourth-order valence-corrected chi connectivity index (χ4v) is 2.54. The van der Waals surface area contributed by atoms with Crippen LogP contribution < -0.4 is 0 Å². The summed E-state index contributed by atoms with van der Waals surface area (Å²) in [7, 11) is 0. The molecule has 0 unspecified atom stereocenters. The topological polar surface area (TPSA) is 31.0 Å². The van der Waals surface area contributed by atoms with E-state index >= 15 is 0 Å². The summed E-state index contributed by atoms with van der Waals surface area (Å²) in [5, 5.41) is 5.11. The van der Waals surface area contributed by atoms with Gasteiger partial charge in [0.15, 0.2) is 0 Å². The van der Waals surface area contributed by atoms with E-state index < -0.39 is 11.7 Å². The van der Waals surface area contributed by atoms with Crippen LogP contribution >= 0.6 is 0 Å². The van der Waals surface area contributed by atoms with Crippen LogP contribution in [0.3, 0.4) is 0 Å². The van der Waals surface area contributed by atoms with Crippen LogP contribution in [0.5, 0.6) is 0 Å². The smallest absolute Gasteiger partial charge is 0.419 e. The third-order valence-corrected chi connectivity index (χ3v) is 3.48. The molecule has 4 aromatic rings. The molecule has 119 valence electrons. The molecule has 0 atom stereocenters. The fourth-order valence-electron chi connectivity index (χ4n) is 2.54. The average Bonchev–Trinajstić information content (AvgIpc) is 3.12. The van der Waals surface area contributed by atoms with E-state index in [2.05, 4.69) is 11.2 Å². The molecular weight excluding hydrogens is 485 g/mol. The summed E-state index contributed by atoms with van der Waals surface area (Å²) in [6.45, 7) is 0. The Hall–Kier alpha value is -2.11. The Morgan fingerprint density at radius 1 is 1.04 bits per heavy atom. The van der Waals surface area contributed by atoms with Crippen molar-refractivity contribution >= 4 is 21.9 Å². The van der Waals surface area contributed by atoms with Crippen LogP contribution in [0.15, 0.2) is 53.2 Å². The molecule has 23 heavy (non-hydrogen) atoms. The van der Waals surface area contributed by atoms with Crippen molar-refractivity contribution in [3.63, 3.8) is 0 Å². The normalized spacial score (nSPS) is 11.8. The molecule has 7 heteroatoms. The summed E-state index contributed by atoms with van der Waals surface area (Å²) < 4.78 is 46.5. The zero-order valence-electron chi connectivity index (χ0n) is 11.4. The van der Waals surface area contributed by atoms with Crippen molar-refractivity contribution in [1.82, 2.24) is 9.78 Å². The zero-order chi connectivity index (χ0) is 15.3. The maximum absolute atomic E-state index is 13.1. The summed E-state index contributed by atoms with van der Waals surface area (Å²) in [5.41, 5.74) is -0.143. The van der Waals surface area contributed by atoms with Crippen molar-refractivity contribution in [2.75, 3.05) is 0 Å². The molecule has 1 radical (unpaired) electrons. The van der Waals surface area contributed by atoms with Crippen LogP contribution in [0.1, 0.15) is 5.56 Å². The van der Waals surface area contributed by atoms with Gasteiger partial charge in [0, 0.05) is 43.5 Å². The molecule has 2 aromatic carbocycles. The van der Waals surface area contributed by atoms with Crippen LogP contribution in [0.4, 0.5) is 13.2 Å². The Balaban J connectivity index is 0.00000156. The summed E-state index contributed by atoms with van der Waals surface area (Å²) in [4.78, 5) is 0. The third kappa shape index (κ3) is 2.46. The quantitative estimate of drug-likeness (QED) is 0.364. The standard InChI is InChI=1S/C16H8F3N2O.Ir/c17-16(18,19)12-6-1-4-10-11-5-2-7-13(15(11)22-14(10)12)21-9-3-8-20-21;/h1-6,8-9H;/q-1;. The third-order valence-electron chi connectivity index (χ3n) is 3.48. The molecule has 2 heterocycles. The molecule has 0 aliphatic heterocycles. The first-order valence-corrected chi connectivity index (χ1v) is 6.49. The summed E-state index contributed by atoms with van der Waals surface area (Å²) in [6.07, 6.45) is -1.21. The maximum atomic E-state index is 13.1. The van der Waals surface area contributed by atoms with Crippen LogP contribution in [0.25, 0.3) is 27.6 Å². The number of para-hydroxylation sites is 1. The number of aromatic nitrogens is 2. The predicted molar refractivity (Wildman–Crippen MR) is 74.7 cm³/mol. The van der Waals surface area contributed by atoms with E-state index in [-0.39, 0.29) is 25.7 Å². The molecular formula is C16H8F3IrN2O-. The van der Waals surface area contributed by atoms with Gasteiger partial charge in [-0.05, 0) is 17.8 Å². The molecule has 4 rings (SSSR count). The van der Waals surface area contributed by atoms with Gasteiger partial charge in [0.1, 0.15) is 5.58 Å². The number of furan rings is 1. The fraction of sp³-hybridized carbons (Fsp3) is 0.0625. The van der Waals surface area contributed by atoms with E-state index in [1.807, 2.05) is 0 Å². The SMILES string of the molecule is FC(F)(F)c1cccc2c1oc1c(-n3cccn3)[c-]ccc12.[Ir]. The number of hydrogen-bond donors (Lipinski definition) is 0. The second-order valence-electron chi connectivity index (χ2n) is 4.80. The minimum absolute atomic E-state index is 0. The maximum Gasteiger partial charge on any atom is 0.419 e. The van der Waals surface area contributed by atoms with Gasteiger partial charge in [0.25, 0.3) is 0 Å². The van der Waals surface area contributed by atoms with Crippen LogP contribution in [-0.4, -0.2) is 9.78 Å². The van der Waals surface area contributed by atoms with E-state index in [4.69, 9.17) is 4.42 Å². The van der Waals surface area contributed by atoms with E-state index in [0.29, 0.717) is 22.0 Å². The number of halogens is 3. The first-order chi connectivity index (χ1) is 10.6. The molecule has 2 aromatic heterocycles. The summed E-state index contributed by atoms with van der Waals surface area (Å²) in [5.74, 6) is 0. The molecule has 0 aliphatic rings. The number of alkyl halides is 3. The number of benzene rings is 2. The van der Waals surface area contributed by atoms with Crippen molar-refractivity contribution in [3.05, 3.63) is 60.4 Å². The largest absolute Gasteiger partial charge is 0.513 e. The van der Waals surface area contributed by atoms with E-state index in [1.165, 1.54) is 10.7 Å². The van der Waals surface area contributed by atoms with Crippen molar-refractivity contribution < 1.29 is 37.7 Å². The van der Waals surface area contributed by atoms with E-state index in [9.17, 15) is 13.2 Å². The Morgan fingerprint density at radius 2 is 1.83 bits per heavy atom. The molecule has 0 N–H and O–H groups in total. The summed E-state index contributed by atoms with van der Waals surface area (Å²) >= 11 is 0. The molecule has 0 spiro atoms. The van der Waals surface area contributed by atoms with Gasteiger partial charge in [0.05, 0.1) is 5.56 Å². The van der Waals surface area contributed by atoms with Crippen LogP contribution in [-0.2, 0) is 26.3 Å². The number of hydrogen-bond acceptors (Lipinski definition) is 2. The molecule has 0 amide bonds. The number of fused-ring (bicyclic) bond motifs is 3. The number of rotatable bonds is 1. The Morgan fingerprint density at radius 3 is 2.52 bits per heavy atom. The molecule has 0 aliphatic carbocycles. The summed E-state index contributed by atoms with van der Waals surface area (Å²) in [6, 6.07) is 12.0. The van der Waals surface area contributed by atoms with Crippen molar-refractivity contribution in [2.24, 2.45) is 0 Å². The monoisotopic (exact) mass is 494 g/mol. The molecule has 0 bridgehead atoms. The van der Waals surface area contributed by atoms with E-state index in [0.717, 1.165) is 6.07 Å². The van der Waals surface area contributed by atoms with Gasteiger partial charge in [0.2, 0.25) is 0 Å². The van der Waals surface area contributed by atoms with Crippen LogP contribution in [0, 0.1) is 6.07 Å². The molecule has 0 fully saturated rings. The second kappa shape index (κ2) is 5.51. The van der Waals surface area contributed by atoms with Gasteiger partial charge in [-0.25, -0.2) is 0 Å². The first kappa shape index (κ1) is 15.8. The Bertz CT molecular complexity index is 974. The van der Waals surface area contributed by atoms with Gasteiger partial charge in [-0.2, -0.15) is 36.5 Å². The minimum Gasteiger partial charge on any atom is -0.513 e. The molecule has 3 nitrogen and oxygen atoms in total. The first-order valence-electron chi connectivity index (χ1n) is 6.49. The van der Waals surface area contributed by atoms with Gasteiger partial charge >= 0.3 is 6.18 Å². The molecule has 0 saturated heterocycles. The van der Waals surface area contributed by atoms with Crippen molar-refractivity contribution in [1.29, 1.82) is 0 Å². The van der Waals surface area contributed by atoms with Gasteiger partial charge in [-0.15, -0.1) is 0 Å². The van der Waals surface area contributed by atoms with Crippen molar-refractivity contribution in [2.45, 2.75) is 6.18 Å². The second-order valence-corrected chi connectivity index (χ2v) is 4.80. The van der Waals surface area contributed by atoms with E-state index in [1.54, 1.807) is 36.7 Å². The minimum atomic E-state index is -4.47. The number of nitrogens with zero attached hydrogens (tertiary/aromatic N) is 2. The van der Waals surface area contributed by atoms with Crippen LogP contribution in [0.2, 0.25) is 0 Å². The molecule has 0 saturated carbocycles. The van der Waals surface area contributed by atoms with Gasteiger partial charge in [-0.1, -0.05) is 17.5 Å². The Kier molecular flexibility index (Phi) is 3.78. The van der Waals surface area contributed by atoms with Gasteiger partial charge < -0.3 is 4.42 Å².